The Kier molecular flexibility index (Phi) is 5.68. The van der Waals surface area contributed by atoms with Gasteiger partial charge >= 0.3 is 5.97 Å². The highest BCUT2D eigenvalue weighted by Gasteiger charge is 2.16. The van der Waals surface area contributed by atoms with Gasteiger partial charge in [0, 0.05) is 11.1 Å². The largest absolute Gasteiger partial charge is 0.469 e. The van der Waals surface area contributed by atoms with E-state index < -0.39 is 11.7 Å². The second-order valence-corrected chi connectivity index (χ2v) is 6.60. The molecule has 29 heavy (non-hydrogen) atoms. The molecule has 7 heteroatoms. The van der Waals surface area contributed by atoms with Crippen molar-refractivity contribution in [3.8, 4) is 22.4 Å². The number of rotatable bonds is 5. The minimum Gasteiger partial charge on any atom is -0.469 e. The maximum absolute atomic E-state index is 14.8. The molecule has 1 heterocycles. The summed E-state index contributed by atoms with van der Waals surface area (Å²) < 4.78 is 19.5. The van der Waals surface area contributed by atoms with Gasteiger partial charge in [0.15, 0.2) is 0 Å². The van der Waals surface area contributed by atoms with Gasteiger partial charge in [-0.1, -0.05) is 36.4 Å². The average molecular weight is 393 g/mol. The van der Waals surface area contributed by atoms with Crippen LogP contribution in [0.3, 0.4) is 0 Å². The van der Waals surface area contributed by atoms with Crippen LogP contribution in [0.2, 0.25) is 0 Å². The summed E-state index contributed by atoms with van der Waals surface area (Å²) in [7, 11) is 1.33. The van der Waals surface area contributed by atoms with Crippen molar-refractivity contribution in [2.75, 3.05) is 7.11 Å². The van der Waals surface area contributed by atoms with E-state index in [1.165, 1.54) is 13.2 Å². The molecule has 0 aliphatic rings. The third-order valence-electron chi connectivity index (χ3n) is 4.56. The predicted octanol–water partition coefficient (Wildman–Crippen LogP) is 3.38. The van der Waals surface area contributed by atoms with E-state index >= 15 is 0 Å². The number of amides is 1. The van der Waals surface area contributed by atoms with Crippen LogP contribution in [0.25, 0.3) is 22.4 Å². The van der Waals surface area contributed by atoms with Gasteiger partial charge in [0.05, 0.1) is 30.6 Å². The lowest BCUT2D eigenvalue weighted by atomic mass is 9.99. The molecule has 0 saturated carbocycles. The number of halogens is 1. The maximum atomic E-state index is 14.8. The van der Waals surface area contributed by atoms with Crippen LogP contribution in [0.15, 0.2) is 42.5 Å². The summed E-state index contributed by atoms with van der Waals surface area (Å²) in [6, 6.07) is 11.7. The summed E-state index contributed by atoms with van der Waals surface area (Å²) in [5.41, 5.74) is 9.19. The fourth-order valence-corrected chi connectivity index (χ4v) is 3.08. The molecule has 1 amide bonds. The molecule has 148 valence electrons. The highest BCUT2D eigenvalue weighted by molar-refractivity contribution is 5.92. The Morgan fingerprint density at radius 3 is 2.24 bits per heavy atom. The molecule has 0 unspecified atom stereocenters. The van der Waals surface area contributed by atoms with Crippen LogP contribution in [0.4, 0.5) is 4.39 Å². The first-order valence-corrected chi connectivity index (χ1v) is 8.91. The van der Waals surface area contributed by atoms with Gasteiger partial charge in [0.25, 0.3) is 5.91 Å². The van der Waals surface area contributed by atoms with E-state index in [1.807, 2.05) is 0 Å². The number of aromatic nitrogens is 2. The number of carbonyl (C=O) groups excluding carboxylic acids is 2. The summed E-state index contributed by atoms with van der Waals surface area (Å²) >= 11 is 0. The van der Waals surface area contributed by atoms with E-state index in [0.717, 1.165) is 5.56 Å². The summed E-state index contributed by atoms with van der Waals surface area (Å²) in [5, 5.41) is 0. The third-order valence-corrected chi connectivity index (χ3v) is 4.56. The topological polar surface area (TPSA) is 95.2 Å². The Morgan fingerprint density at radius 2 is 1.66 bits per heavy atom. The molecule has 0 atom stereocenters. The van der Waals surface area contributed by atoms with Gasteiger partial charge in [-0.3, -0.25) is 14.6 Å². The van der Waals surface area contributed by atoms with Crippen molar-refractivity contribution in [1.29, 1.82) is 0 Å². The summed E-state index contributed by atoms with van der Waals surface area (Å²) in [4.78, 5) is 31.5. The number of ether oxygens (including phenoxy) is 1. The Hall–Kier alpha value is -3.61. The fourth-order valence-electron chi connectivity index (χ4n) is 3.08. The minimum atomic E-state index is -0.680. The number of carbonyl (C=O) groups is 2. The summed E-state index contributed by atoms with van der Waals surface area (Å²) in [6.45, 7) is 3.39. The molecular formula is C22H20FN3O3. The van der Waals surface area contributed by atoms with Crippen LogP contribution in [-0.2, 0) is 16.0 Å². The Labute approximate surface area is 167 Å². The lowest BCUT2D eigenvalue weighted by Crippen LogP contribution is -2.17. The van der Waals surface area contributed by atoms with Crippen molar-refractivity contribution in [3.63, 3.8) is 0 Å². The molecule has 0 fully saturated rings. The molecule has 0 bridgehead atoms. The van der Waals surface area contributed by atoms with E-state index in [0.29, 0.717) is 33.8 Å². The zero-order chi connectivity index (χ0) is 21.1. The van der Waals surface area contributed by atoms with Crippen molar-refractivity contribution in [2.24, 2.45) is 5.73 Å². The quantitative estimate of drug-likeness (QED) is 0.671. The van der Waals surface area contributed by atoms with E-state index in [2.05, 4.69) is 14.7 Å². The van der Waals surface area contributed by atoms with Crippen LogP contribution in [0.5, 0.6) is 0 Å². The molecule has 1 aromatic heterocycles. The van der Waals surface area contributed by atoms with Gasteiger partial charge in [0.1, 0.15) is 11.5 Å². The molecule has 2 N–H and O–H groups in total. The van der Waals surface area contributed by atoms with Crippen LogP contribution >= 0.6 is 0 Å². The zero-order valence-electron chi connectivity index (χ0n) is 16.3. The van der Waals surface area contributed by atoms with Gasteiger partial charge in [-0.05, 0) is 31.0 Å². The number of primary amides is 1. The SMILES string of the molecule is COC(=O)Cc1ccc(-c2ccc(-c3nc(C(N)=O)c(C)nc3C)cc2F)cc1. The highest BCUT2D eigenvalue weighted by atomic mass is 19.1. The van der Waals surface area contributed by atoms with Crippen LogP contribution in [0.1, 0.15) is 27.4 Å². The third kappa shape index (κ3) is 4.29. The molecule has 0 spiro atoms. The Balaban J connectivity index is 1.94. The number of hydrogen-bond donors (Lipinski definition) is 1. The number of hydrogen-bond acceptors (Lipinski definition) is 5. The van der Waals surface area contributed by atoms with E-state index in [4.69, 9.17) is 5.73 Å². The predicted molar refractivity (Wildman–Crippen MR) is 107 cm³/mol. The van der Waals surface area contributed by atoms with Gasteiger partial charge in [-0.15, -0.1) is 0 Å². The van der Waals surface area contributed by atoms with Crippen molar-refractivity contribution < 1.29 is 18.7 Å². The molecule has 6 nitrogen and oxygen atoms in total. The monoisotopic (exact) mass is 393 g/mol. The molecule has 3 aromatic rings. The number of methoxy groups -OCH3 is 1. The van der Waals surface area contributed by atoms with Crippen LogP contribution in [-0.4, -0.2) is 29.0 Å². The fraction of sp³-hybridized carbons (Fsp3) is 0.182. The average Bonchev–Trinajstić information content (AvgIpc) is 2.68. The number of esters is 1. The van der Waals surface area contributed by atoms with Crippen LogP contribution < -0.4 is 5.73 Å². The van der Waals surface area contributed by atoms with E-state index in [-0.39, 0.29) is 18.1 Å². The number of aryl methyl sites for hydroxylation is 2. The van der Waals surface area contributed by atoms with Gasteiger partial charge in [0.2, 0.25) is 0 Å². The molecule has 3 rings (SSSR count). The molecule has 0 radical (unpaired) electrons. The van der Waals surface area contributed by atoms with Gasteiger partial charge in [-0.2, -0.15) is 0 Å². The normalized spacial score (nSPS) is 10.6. The Bertz CT molecular complexity index is 1100. The first kappa shape index (κ1) is 20.1. The smallest absolute Gasteiger partial charge is 0.309 e. The standard InChI is InChI=1S/C22H20FN3O3/c1-12-20(26-21(22(24)28)13(2)25-12)16-8-9-17(18(23)11-16)15-6-4-14(5-7-15)10-19(27)29-3/h4-9,11H,10H2,1-3H3,(H2,24,28). The molecule has 0 aliphatic carbocycles. The lowest BCUT2D eigenvalue weighted by molar-refractivity contribution is -0.139. The molecule has 0 saturated heterocycles. The molecule has 0 aliphatic heterocycles. The van der Waals surface area contributed by atoms with Gasteiger partial charge < -0.3 is 10.5 Å². The molecule has 2 aromatic carbocycles. The van der Waals surface area contributed by atoms with Crippen molar-refractivity contribution in [1.82, 2.24) is 9.97 Å². The lowest BCUT2D eigenvalue weighted by Gasteiger charge is -2.11. The highest BCUT2D eigenvalue weighted by Crippen LogP contribution is 2.29. The summed E-state index contributed by atoms with van der Waals surface area (Å²) in [6.07, 6.45) is 0.158. The maximum Gasteiger partial charge on any atom is 0.309 e. The first-order valence-electron chi connectivity index (χ1n) is 8.91. The van der Waals surface area contributed by atoms with Gasteiger partial charge in [-0.25, -0.2) is 9.37 Å². The second-order valence-electron chi connectivity index (χ2n) is 6.60. The summed E-state index contributed by atoms with van der Waals surface area (Å²) in [5.74, 6) is -1.45. The Morgan fingerprint density at radius 1 is 1.00 bits per heavy atom. The van der Waals surface area contributed by atoms with Crippen LogP contribution in [0, 0.1) is 19.7 Å². The van der Waals surface area contributed by atoms with Crippen molar-refractivity contribution >= 4 is 11.9 Å². The second kappa shape index (κ2) is 8.18. The van der Waals surface area contributed by atoms with E-state index in [1.54, 1.807) is 50.2 Å². The van der Waals surface area contributed by atoms with Crippen molar-refractivity contribution in [3.05, 3.63) is 70.9 Å². The molecular weight excluding hydrogens is 373 g/mol. The number of benzene rings is 2. The zero-order valence-corrected chi connectivity index (χ0v) is 16.3. The van der Waals surface area contributed by atoms with E-state index in [9.17, 15) is 14.0 Å². The van der Waals surface area contributed by atoms with Crippen molar-refractivity contribution in [2.45, 2.75) is 20.3 Å². The first-order chi connectivity index (χ1) is 13.8. The minimum absolute atomic E-state index is 0.0660. The number of nitrogens with zero attached hydrogens (tertiary/aromatic N) is 2. The number of nitrogens with two attached hydrogens (primary N) is 1.